The van der Waals surface area contributed by atoms with E-state index in [4.69, 9.17) is 4.74 Å². The van der Waals surface area contributed by atoms with Crippen molar-refractivity contribution < 1.29 is 4.74 Å². The van der Waals surface area contributed by atoms with Gasteiger partial charge in [0.25, 0.3) is 0 Å². The van der Waals surface area contributed by atoms with Gasteiger partial charge >= 0.3 is 116 Å². The summed E-state index contributed by atoms with van der Waals surface area (Å²) in [6, 6.07) is 8.35. The van der Waals surface area contributed by atoms with E-state index in [1.807, 2.05) is 26.0 Å². The number of unbranched alkanes of at least 4 members (excludes halogenated alkanes) is 1. The average molecular weight is 346 g/mol. The molecule has 0 spiro atoms. The SMILES string of the molecule is CCCC[Te]/C=C\c1ccc(OC(C)C)cc1. The molecule has 0 heterocycles. The van der Waals surface area contributed by atoms with Crippen LogP contribution in [0.4, 0.5) is 0 Å². The van der Waals surface area contributed by atoms with E-state index in [-0.39, 0.29) is 27.0 Å². The van der Waals surface area contributed by atoms with Crippen LogP contribution in [0.3, 0.4) is 0 Å². The Morgan fingerprint density at radius 1 is 1.24 bits per heavy atom. The maximum absolute atomic E-state index is 5.61. The molecule has 0 bridgehead atoms. The summed E-state index contributed by atoms with van der Waals surface area (Å²) in [5, 5.41) is 0. The van der Waals surface area contributed by atoms with Gasteiger partial charge in [0, 0.05) is 0 Å². The molecule has 0 aliphatic rings. The zero-order valence-corrected chi connectivity index (χ0v) is 13.3. The van der Waals surface area contributed by atoms with Crippen molar-refractivity contribution in [2.45, 2.75) is 44.2 Å². The van der Waals surface area contributed by atoms with E-state index >= 15 is 0 Å². The van der Waals surface area contributed by atoms with Gasteiger partial charge in [-0.15, -0.1) is 0 Å². The summed E-state index contributed by atoms with van der Waals surface area (Å²) < 4.78 is 9.42. The molecule has 0 amide bonds. The summed E-state index contributed by atoms with van der Waals surface area (Å²) in [4.78, 5) is 0. The molecule has 0 aromatic heterocycles. The van der Waals surface area contributed by atoms with Gasteiger partial charge in [-0.3, -0.25) is 0 Å². The van der Waals surface area contributed by atoms with E-state index in [1.165, 1.54) is 22.9 Å². The predicted octanol–water partition coefficient (Wildman–Crippen LogP) is 4.37. The zero-order chi connectivity index (χ0) is 12.5. The molecule has 0 saturated carbocycles. The first kappa shape index (κ1) is 14.6. The molecule has 0 radical (unpaired) electrons. The Morgan fingerprint density at radius 2 is 1.94 bits per heavy atom. The van der Waals surface area contributed by atoms with Gasteiger partial charge < -0.3 is 0 Å². The van der Waals surface area contributed by atoms with Crippen molar-refractivity contribution >= 4 is 27.0 Å². The van der Waals surface area contributed by atoms with Crippen LogP contribution in [0.15, 0.2) is 28.4 Å². The predicted molar refractivity (Wildman–Crippen MR) is 76.7 cm³/mol. The second-order valence-electron chi connectivity index (χ2n) is 4.26. The van der Waals surface area contributed by atoms with Crippen molar-refractivity contribution in [2.75, 3.05) is 0 Å². The Labute approximate surface area is 115 Å². The van der Waals surface area contributed by atoms with Crippen LogP contribution in [0.25, 0.3) is 6.08 Å². The quantitative estimate of drug-likeness (QED) is 0.526. The molecule has 0 atom stereocenters. The molecular formula is C15H22OTe. The second-order valence-corrected chi connectivity index (χ2v) is 7.16. The van der Waals surface area contributed by atoms with Crippen LogP contribution in [0.5, 0.6) is 5.75 Å². The molecule has 2 heteroatoms. The third kappa shape index (κ3) is 6.76. The molecule has 1 aromatic rings. The van der Waals surface area contributed by atoms with Crippen molar-refractivity contribution in [3.05, 3.63) is 34.0 Å². The minimum absolute atomic E-state index is 0.0913. The minimum atomic E-state index is 0.0913. The fraction of sp³-hybridized carbons (Fsp3) is 0.467. The summed E-state index contributed by atoms with van der Waals surface area (Å²) in [5.74, 6) is 0.958. The van der Waals surface area contributed by atoms with Crippen molar-refractivity contribution in [1.82, 2.24) is 0 Å². The van der Waals surface area contributed by atoms with Crippen molar-refractivity contribution in [3.8, 4) is 5.75 Å². The van der Waals surface area contributed by atoms with Gasteiger partial charge in [0.2, 0.25) is 0 Å². The third-order valence-corrected chi connectivity index (χ3v) is 4.66. The van der Waals surface area contributed by atoms with Crippen LogP contribution in [0.1, 0.15) is 39.2 Å². The van der Waals surface area contributed by atoms with E-state index < -0.39 is 0 Å². The van der Waals surface area contributed by atoms with Crippen LogP contribution in [-0.2, 0) is 0 Å². The molecule has 1 nitrogen and oxygen atoms in total. The summed E-state index contributed by atoms with van der Waals surface area (Å²) in [6.07, 6.45) is 5.20. The Kier molecular flexibility index (Phi) is 7.40. The van der Waals surface area contributed by atoms with Crippen LogP contribution in [0.2, 0.25) is 4.47 Å². The number of hydrogen-bond donors (Lipinski definition) is 0. The Balaban J connectivity index is 2.39. The third-order valence-electron chi connectivity index (χ3n) is 2.22. The molecule has 0 fully saturated rings. The molecule has 0 aliphatic carbocycles. The molecular weight excluding hydrogens is 324 g/mol. The monoisotopic (exact) mass is 348 g/mol. The van der Waals surface area contributed by atoms with E-state index in [0.29, 0.717) is 0 Å². The van der Waals surface area contributed by atoms with Gasteiger partial charge in [0.1, 0.15) is 0 Å². The van der Waals surface area contributed by atoms with Gasteiger partial charge in [-0.05, 0) is 0 Å². The second kappa shape index (κ2) is 8.61. The molecule has 0 unspecified atom stereocenters. The van der Waals surface area contributed by atoms with Gasteiger partial charge in [0.05, 0.1) is 0 Å². The molecule has 0 N–H and O–H groups in total. The van der Waals surface area contributed by atoms with Gasteiger partial charge in [-0.1, -0.05) is 0 Å². The summed E-state index contributed by atoms with van der Waals surface area (Å²) in [6.45, 7) is 6.35. The van der Waals surface area contributed by atoms with Crippen LogP contribution in [-0.4, -0.2) is 27.0 Å². The van der Waals surface area contributed by atoms with Crippen molar-refractivity contribution in [1.29, 1.82) is 0 Å². The standard InChI is InChI=1S/C15H22OTe/c1-4-5-11-17-12-10-14-6-8-15(9-7-14)16-13(2)3/h6-10,12-13H,4-5,11H2,1-3H3/b12-10-. The molecule has 94 valence electrons. The van der Waals surface area contributed by atoms with Gasteiger partial charge in [-0.2, -0.15) is 0 Å². The van der Waals surface area contributed by atoms with Gasteiger partial charge in [-0.25, -0.2) is 0 Å². The first-order valence-electron chi connectivity index (χ1n) is 6.27. The molecule has 17 heavy (non-hydrogen) atoms. The number of hydrogen-bond acceptors (Lipinski definition) is 1. The Bertz CT molecular complexity index is 327. The fourth-order valence-electron chi connectivity index (χ4n) is 1.35. The van der Waals surface area contributed by atoms with Crippen LogP contribution >= 0.6 is 0 Å². The number of rotatable bonds is 7. The summed E-state index contributed by atoms with van der Waals surface area (Å²) >= 11 is 0.0913. The van der Waals surface area contributed by atoms with E-state index in [0.717, 1.165) is 5.75 Å². The normalized spacial score (nSPS) is 11.3. The zero-order valence-electron chi connectivity index (χ0n) is 11.0. The van der Waals surface area contributed by atoms with Gasteiger partial charge in [0.15, 0.2) is 0 Å². The maximum atomic E-state index is 5.61. The van der Waals surface area contributed by atoms with E-state index in [9.17, 15) is 0 Å². The summed E-state index contributed by atoms with van der Waals surface area (Å²) in [5.41, 5.74) is 1.28. The molecule has 1 rings (SSSR count). The Morgan fingerprint density at radius 3 is 2.53 bits per heavy atom. The number of ether oxygens (including phenoxy) is 1. The van der Waals surface area contributed by atoms with Crippen molar-refractivity contribution in [2.24, 2.45) is 0 Å². The van der Waals surface area contributed by atoms with Crippen LogP contribution in [0, 0.1) is 0 Å². The summed E-state index contributed by atoms with van der Waals surface area (Å²) in [7, 11) is 0. The Hall–Kier alpha value is -0.450. The fourth-order valence-corrected chi connectivity index (χ4v) is 3.76. The first-order valence-corrected chi connectivity index (χ1v) is 9.26. The molecule has 1 aromatic carbocycles. The van der Waals surface area contributed by atoms with Crippen molar-refractivity contribution in [3.63, 3.8) is 0 Å². The average Bonchev–Trinajstić information content (AvgIpc) is 2.30. The molecule has 0 aliphatic heterocycles. The first-order chi connectivity index (χ1) is 8.22. The number of benzene rings is 1. The molecule has 0 saturated heterocycles. The van der Waals surface area contributed by atoms with E-state index in [2.05, 4.69) is 29.3 Å². The van der Waals surface area contributed by atoms with E-state index in [1.54, 1.807) is 0 Å². The topological polar surface area (TPSA) is 9.23 Å². The van der Waals surface area contributed by atoms with Crippen LogP contribution < -0.4 is 4.74 Å².